The zero-order valence-corrected chi connectivity index (χ0v) is 9.73. The number of hydrogen-bond acceptors (Lipinski definition) is 4. The van der Waals surface area contributed by atoms with Crippen LogP contribution in [0.4, 0.5) is 4.39 Å². The van der Waals surface area contributed by atoms with Crippen molar-refractivity contribution in [2.24, 2.45) is 0 Å². The highest BCUT2D eigenvalue weighted by atomic mass is 19.1. The van der Waals surface area contributed by atoms with E-state index >= 15 is 0 Å². The van der Waals surface area contributed by atoms with Crippen LogP contribution in [0, 0.1) is 5.82 Å². The number of rotatable bonds is 7. The first-order valence-corrected chi connectivity index (χ1v) is 5.44. The second-order valence-electron chi connectivity index (χ2n) is 3.54. The maximum Gasteiger partial charge on any atom is 0.125 e. The minimum absolute atomic E-state index is 0.0323. The van der Waals surface area contributed by atoms with Crippen molar-refractivity contribution in [3.05, 3.63) is 29.6 Å². The first kappa shape index (κ1) is 13.9. The fraction of sp³-hybridized carbons (Fsp3) is 0.500. The predicted molar refractivity (Wildman–Crippen MR) is 60.4 cm³/mol. The highest BCUT2D eigenvalue weighted by Gasteiger charge is 2.10. The number of benzene rings is 1. The van der Waals surface area contributed by atoms with Gasteiger partial charge in [0, 0.05) is 5.56 Å². The summed E-state index contributed by atoms with van der Waals surface area (Å²) in [6.45, 7) is 2.39. The third-order valence-corrected chi connectivity index (χ3v) is 2.14. The van der Waals surface area contributed by atoms with E-state index in [9.17, 15) is 9.50 Å². The van der Waals surface area contributed by atoms with Gasteiger partial charge in [0.2, 0.25) is 0 Å². The SMILES string of the molecule is C[C@H](O)c1cc(F)ccc1OCCOCCO. The number of ether oxygens (including phenoxy) is 2. The minimum Gasteiger partial charge on any atom is -0.491 e. The summed E-state index contributed by atoms with van der Waals surface area (Å²) in [5.74, 6) is 0.0266. The van der Waals surface area contributed by atoms with Crippen LogP contribution in [0.1, 0.15) is 18.6 Å². The van der Waals surface area contributed by atoms with Crippen molar-refractivity contribution in [3.8, 4) is 5.75 Å². The molecule has 4 nitrogen and oxygen atoms in total. The first-order valence-electron chi connectivity index (χ1n) is 5.44. The van der Waals surface area contributed by atoms with Gasteiger partial charge in [-0.3, -0.25) is 0 Å². The van der Waals surface area contributed by atoms with Crippen LogP contribution in [-0.2, 0) is 4.74 Å². The molecule has 0 aliphatic heterocycles. The molecule has 0 saturated heterocycles. The Labute approximate surface area is 99.6 Å². The molecule has 0 bridgehead atoms. The normalized spacial score (nSPS) is 12.5. The van der Waals surface area contributed by atoms with Crippen molar-refractivity contribution in [2.45, 2.75) is 13.0 Å². The van der Waals surface area contributed by atoms with E-state index in [1.807, 2.05) is 0 Å². The molecule has 1 atom stereocenters. The van der Waals surface area contributed by atoms with Crippen molar-refractivity contribution in [1.82, 2.24) is 0 Å². The van der Waals surface area contributed by atoms with Crippen LogP contribution in [0.5, 0.6) is 5.75 Å². The van der Waals surface area contributed by atoms with E-state index in [1.54, 1.807) is 6.92 Å². The van der Waals surface area contributed by atoms with Crippen LogP contribution in [0.3, 0.4) is 0 Å². The molecule has 0 amide bonds. The second kappa shape index (κ2) is 7.21. The van der Waals surface area contributed by atoms with E-state index in [-0.39, 0.29) is 19.8 Å². The van der Waals surface area contributed by atoms with E-state index in [1.165, 1.54) is 18.2 Å². The van der Waals surface area contributed by atoms with E-state index < -0.39 is 11.9 Å². The molecular weight excluding hydrogens is 227 g/mol. The summed E-state index contributed by atoms with van der Waals surface area (Å²) in [5, 5.41) is 17.9. The average molecular weight is 244 g/mol. The molecule has 0 radical (unpaired) electrons. The Balaban J connectivity index is 2.52. The van der Waals surface area contributed by atoms with Gasteiger partial charge in [-0.05, 0) is 25.1 Å². The number of halogens is 1. The molecule has 0 heterocycles. The van der Waals surface area contributed by atoms with Crippen LogP contribution < -0.4 is 4.74 Å². The third kappa shape index (κ3) is 4.68. The Bertz CT molecular complexity index is 341. The van der Waals surface area contributed by atoms with E-state index in [4.69, 9.17) is 14.6 Å². The van der Waals surface area contributed by atoms with E-state index in [0.29, 0.717) is 17.9 Å². The molecule has 1 rings (SSSR count). The summed E-state index contributed by atoms with van der Waals surface area (Å²) < 4.78 is 23.4. The molecule has 96 valence electrons. The zero-order chi connectivity index (χ0) is 12.7. The van der Waals surface area contributed by atoms with Crippen LogP contribution in [-0.4, -0.2) is 36.6 Å². The standard InChI is InChI=1S/C12H17FO4/c1-9(15)11-8-10(13)2-3-12(11)17-7-6-16-5-4-14/h2-3,8-9,14-15H,4-7H2,1H3/t9-/m0/s1. The topological polar surface area (TPSA) is 58.9 Å². The Morgan fingerprint density at radius 3 is 2.71 bits per heavy atom. The lowest BCUT2D eigenvalue weighted by molar-refractivity contribution is 0.0695. The van der Waals surface area contributed by atoms with Crippen molar-refractivity contribution in [1.29, 1.82) is 0 Å². The van der Waals surface area contributed by atoms with Gasteiger partial charge in [0.15, 0.2) is 0 Å². The smallest absolute Gasteiger partial charge is 0.125 e. The predicted octanol–water partition coefficient (Wildman–Crippen LogP) is 1.27. The average Bonchev–Trinajstić information content (AvgIpc) is 2.30. The van der Waals surface area contributed by atoms with Crippen molar-refractivity contribution in [3.63, 3.8) is 0 Å². The number of hydrogen-bond donors (Lipinski definition) is 2. The largest absolute Gasteiger partial charge is 0.491 e. The molecule has 0 spiro atoms. The van der Waals surface area contributed by atoms with Gasteiger partial charge in [0.25, 0.3) is 0 Å². The molecule has 5 heteroatoms. The molecule has 17 heavy (non-hydrogen) atoms. The lowest BCUT2D eigenvalue weighted by Crippen LogP contribution is -2.10. The molecule has 0 fully saturated rings. The van der Waals surface area contributed by atoms with Crippen LogP contribution in [0.15, 0.2) is 18.2 Å². The fourth-order valence-electron chi connectivity index (χ4n) is 1.35. The van der Waals surface area contributed by atoms with Gasteiger partial charge in [-0.1, -0.05) is 0 Å². The van der Waals surface area contributed by atoms with Crippen LogP contribution in [0.25, 0.3) is 0 Å². The van der Waals surface area contributed by atoms with E-state index in [2.05, 4.69) is 0 Å². The highest BCUT2D eigenvalue weighted by molar-refractivity contribution is 5.35. The molecule has 0 aliphatic rings. The van der Waals surface area contributed by atoms with Crippen LogP contribution in [0.2, 0.25) is 0 Å². The third-order valence-electron chi connectivity index (χ3n) is 2.14. The Hall–Kier alpha value is -1.17. The Kier molecular flexibility index (Phi) is 5.90. The maximum atomic E-state index is 13.0. The van der Waals surface area contributed by atoms with Gasteiger partial charge >= 0.3 is 0 Å². The van der Waals surface area contributed by atoms with Crippen molar-refractivity contribution >= 4 is 0 Å². The summed E-state index contributed by atoms with van der Waals surface area (Å²) in [5.41, 5.74) is 0.409. The van der Waals surface area contributed by atoms with Gasteiger partial charge in [0.1, 0.15) is 18.2 Å². The minimum atomic E-state index is -0.793. The van der Waals surface area contributed by atoms with Crippen LogP contribution >= 0.6 is 0 Å². The van der Waals surface area contributed by atoms with E-state index in [0.717, 1.165) is 0 Å². The second-order valence-corrected chi connectivity index (χ2v) is 3.54. The summed E-state index contributed by atoms with van der Waals surface area (Å²) in [7, 11) is 0. The molecule has 1 aromatic carbocycles. The first-order chi connectivity index (χ1) is 8.15. The summed E-state index contributed by atoms with van der Waals surface area (Å²) in [4.78, 5) is 0. The molecule has 0 aromatic heterocycles. The fourth-order valence-corrected chi connectivity index (χ4v) is 1.35. The van der Waals surface area contributed by atoms with Gasteiger partial charge in [-0.15, -0.1) is 0 Å². The molecule has 0 saturated carbocycles. The quantitative estimate of drug-likeness (QED) is 0.709. The maximum absolute atomic E-state index is 13.0. The molecular formula is C12H17FO4. The summed E-state index contributed by atoms with van der Waals surface area (Å²) in [6.07, 6.45) is -0.793. The highest BCUT2D eigenvalue weighted by Crippen LogP contribution is 2.25. The lowest BCUT2D eigenvalue weighted by Gasteiger charge is -2.13. The van der Waals surface area contributed by atoms with Gasteiger partial charge in [0.05, 0.1) is 25.9 Å². The van der Waals surface area contributed by atoms with Gasteiger partial charge in [-0.25, -0.2) is 4.39 Å². The lowest BCUT2D eigenvalue weighted by atomic mass is 10.1. The van der Waals surface area contributed by atoms with Gasteiger partial charge in [-0.2, -0.15) is 0 Å². The van der Waals surface area contributed by atoms with Crippen molar-refractivity contribution in [2.75, 3.05) is 26.4 Å². The zero-order valence-electron chi connectivity index (χ0n) is 9.73. The van der Waals surface area contributed by atoms with Gasteiger partial charge < -0.3 is 19.7 Å². The molecule has 0 unspecified atom stereocenters. The monoisotopic (exact) mass is 244 g/mol. The molecule has 2 N–H and O–H groups in total. The molecule has 1 aromatic rings. The summed E-state index contributed by atoms with van der Waals surface area (Å²) in [6, 6.07) is 3.99. The molecule has 0 aliphatic carbocycles. The van der Waals surface area contributed by atoms with Crippen molar-refractivity contribution < 1.29 is 24.1 Å². The number of aliphatic hydroxyl groups is 2. The Morgan fingerprint density at radius 1 is 1.29 bits per heavy atom. The summed E-state index contributed by atoms with van der Waals surface area (Å²) >= 11 is 0. The Morgan fingerprint density at radius 2 is 2.06 bits per heavy atom. The number of aliphatic hydroxyl groups excluding tert-OH is 2.